The number of benzene rings is 3. The van der Waals surface area contributed by atoms with Gasteiger partial charge in [-0.05, 0) is 68.1 Å². The predicted octanol–water partition coefficient (Wildman–Crippen LogP) is 6.23. The lowest BCUT2D eigenvalue weighted by atomic mass is 9.99. The quantitative estimate of drug-likeness (QED) is 0.180. The number of nitriles is 1. The van der Waals surface area contributed by atoms with E-state index in [9.17, 15) is 14.9 Å². The number of likely N-dealkylation sites (tertiary alicyclic amines) is 1. The number of amides is 1. The molecule has 0 unspecified atom stereocenters. The molecule has 3 aromatic rings. The molecule has 3 aromatic carbocycles. The van der Waals surface area contributed by atoms with Crippen molar-refractivity contribution in [3.8, 4) is 6.07 Å². The van der Waals surface area contributed by atoms with E-state index < -0.39 is 6.09 Å². The molecule has 1 heterocycles. The molecule has 1 saturated heterocycles. The van der Waals surface area contributed by atoms with Crippen LogP contribution in [0.4, 0.5) is 4.79 Å². The zero-order valence-corrected chi connectivity index (χ0v) is 20.3. The van der Waals surface area contributed by atoms with Gasteiger partial charge in [0.1, 0.15) is 6.07 Å². The minimum absolute atomic E-state index is 0.00769. The molecule has 0 saturated carbocycles. The molecule has 35 heavy (non-hydrogen) atoms. The van der Waals surface area contributed by atoms with Gasteiger partial charge in [-0.15, -0.1) is 0 Å². The van der Waals surface area contributed by atoms with Crippen molar-refractivity contribution < 1.29 is 14.4 Å². The van der Waals surface area contributed by atoms with Crippen molar-refractivity contribution in [1.82, 2.24) is 4.90 Å². The fourth-order valence-electron chi connectivity index (χ4n) is 3.83. The summed E-state index contributed by atoms with van der Waals surface area (Å²) in [7, 11) is 0. The molecule has 0 bridgehead atoms. The topological polar surface area (TPSA) is 82.8 Å². The van der Waals surface area contributed by atoms with Gasteiger partial charge in [-0.25, -0.2) is 4.79 Å². The van der Waals surface area contributed by atoms with Crippen LogP contribution in [0.25, 0.3) is 0 Å². The van der Waals surface area contributed by atoms with Crippen molar-refractivity contribution in [2.75, 3.05) is 13.1 Å². The molecule has 6 nitrogen and oxygen atoms in total. The van der Waals surface area contributed by atoms with Gasteiger partial charge in [0.05, 0.1) is 0 Å². The highest BCUT2D eigenvalue weighted by Gasteiger charge is 2.18. The van der Waals surface area contributed by atoms with Crippen molar-refractivity contribution in [3.05, 3.63) is 95.1 Å². The van der Waals surface area contributed by atoms with Crippen LogP contribution in [0.15, 0.2) is 87.7 Å². The first-order valence-corrected chi connectivity index (χ1v) is 12.3. The molecule has 0 N–H and O–H groups in total. The molecule has 176 valence electrons. The second-order valence-electron chi connectivity index (χ2n) is 8.25. The predicted molar refractivity (Wildman–Crippen MR) is 136 cm³/mol. The first-order chi connectivity index (χ1) is 17.0. The van der Waals surface area contributed by atoms with E-state index in [1.54, 1.807) is 28.8 Å². The van der Waals surface area contributed by atoms with Gasteiger partial charge < -0.3 is 4.90 Å². The van der Waals surface area contributed by atoms with Gasteiger partial charge >= 0.3 is 6.09 Å². The number of ketones is 1. The number of piperidine rings is 1. The Bertz CT molecular complexity index is 1270. The lowest BCUT2D eigenvalue weighted by Crippen LogP contribution is -2.35. The fraction of sp³-hybridized carbons (Fsp3) is 0.214. The summed E-state index contributed by atoms with van der Waals surface area (Å²) < 4.78 is 0. The van der Waals surface area contributed by atoms with E-state index in [0.29, 0.717) is 29.8 Å². The third-order valence-electron chi connectivity index (χ3n) is 5.80. The standard InChI is InChI=1S/C28H25N3O3S/c1-20-7-3-4-8-25(20)27(32)22-11-15-24(16-12-22)35-23-13-9-21(10-14-23)26(19-29)30-34-28(33)31-17-5-2-6-18-31/h3-4,7-16H,2,5-6,17-18H2,1H3/b30-26+. The largest absolute Gasteiger partial charge is 0.436 e. The molecule has 0 atom stereocenters. The number of hydrogen-bond acceptors (Lipinski definition) is 6. The highest BCUT2D eigenvalue weighted by atomic mass is 32.2. The van der Waals surface area contributed by atoms with Crippen molar-refractivity contribution in [2.45, 2.75) is 36.0 Å². The molecule has 0 radical (unpaired) electrons. The summed E-state index contributed by atoms with van der Waals surface area (Å²) in [4.78, 5) is 33.5. The highest BCUT2D eigenvalue weighted by Crippen LogP contribution is 2.28. The molecule has 1 aliphatic heterocycles. The van der Waals surface area contributed by atoms with Crippen LogP contribution in [-0.2, 0) is 4.84 Å². The van der Waals surface area contributed by atoms with E-state index in [4.69, 9.17) is 4.84 Å². The van der Waals surface area contributed by atoms with Gasteiger partial charge in [0, 0.05) is 39.6 Å². The van der Waals surface area contributed by atoms with E-state index in [1.165, 1.54) is 0 Å². The van der Waals surface area contributed by atoms with Crippen molar-refractivity contribution in [3.63, 3.8) is 0 Å². The minimum Gasteiger partial charge on any atom is -0.306 e. The maximum absolute atomic E-state index is 12.8. The van der Waals surface area contributed by atoms with Crippen LogP contribution >= 0.6 is 11.8 Å². The summed E-state index contributed by atoms with van der Waals surface area (Å²) in [5.41, 5.74) is 2.93. The first kappa shape index (κ1) is 24.2. The van der Waals surface area contributed by atoms with Gasteiger partial charge in [-0.2, -0.15) is 5.26 Å². The molecule has 1 amide bonds. The van der Waals surface area contributed by atoms with Gasteiger partial charge in [-0.3, -0.25) is 9.63 Å². The zero-order valence-electron chi connectivity index (χ0n) is 19.4. The Hall–Kier alpha value is -3.89. The highest BCUT2D eigenvalue weighted by molar-refractivity contribution is 7.99. The fourth-order valence-corrected chi connectivity index (χ4v) is 4.65. The Labute approximate surface area is 209 Å². The summed E-state index contributed by atoms with van der Waals surface area (Å²) in [6, 6.07) is 24.4. The number of oxime groups is 1. The van der Waals surface area contributed by atoms with Gasteiger partial charge in [0.15, 0.2) is 11.5 Å². The van der Waals surface area contributed by atoms with E-state index in [0.717, 1.165) is 34.6 Å². The van der Waals surface area contributed by atoms with Gasteiger partial charge in [0.25, 0.3) is 0 Å². The van der Waals surface area contributed by atoms with Crippen LogP contribution in [0.3, 0.4) is 0 Å². The van der Waals surface area contributed by atoms with Gasteiger partial charge in [0.2, 0.25) is 0 Å². The molecule has 7 heteroatoms. The SMILES string of the molecule is Cc1ccccc1C(=O)c1ccc(Sc2ccc(/C(C#N)=N/OC(=O)N3CCCCC3)cc2)cc1. The van der Waals surface area contributed by atoms with E-state index in [2.05, 4.69) is 5.16 Å². The summed E-state index contributed by atoms with van der Waals surface area (Å²) in [6.45, 7) is 3.24. The third-order valence-corrected chi connectivity index (χ3v) is 6.82. The summed E-state index contributed by atoms with van der Waals surface area (Å²) in [5, 5.41) is 13.2. The van der Waals surface area contributed by atoms with Crippen LogP contribution in [0.2, 0.25) is 0 Å². The van der Waals surface area contributed by atoms with Crippen LogP contribution in [0.5, 0.6) is 0 Å². The number of nitrogens with zero attached hydrogens (tertiary/aromatic N) is 3. The maximum atomic E-state index is 12.8. The van der Waals surface area contributed by atoms with Crippen molar-refractivity contribution in [1.29, 1.82) is 5.26 Å². The molecule has 1 aliphatic rings. The van der Waals surface area contributed by atoms with Crippen LogP contribution in [-0.4, -0.2) is 35.6 Å². The van der Waals surface area contributed by atoms with Crippen molar-refractivity contribution >= 4 is 29.4 Å². The lowest BCUT2D eigenvalue weighted by Gasteiger charge is -2.24. The Morgan fingerprint density at radius 1 is 0.886 bits per heavy atom. The number of carbonyl (C=O) groups excluding carboxylic acids is 2. The van der Waals surface area contributed by atoms with Crippen LogP contribution in [0, 0.1) is 18.3 Å². The summed E-state index contributed by atoms with van der Waals surface area (Å²) in [6.07, 6.45) is 2.49. The third kappa shape index (κ3) is 6.17. The van der Waals surface area contributed by atoms with Crippen LogP contribution < -0.4 is 0 Å². The molecule has 1 fully saturated rings. The molecular formula is C28H25N3O3S. The summed E-state index contributed by atoms with van der Waals surface area (Å²) in [5.74, 6) is 0.00769. The number of rotatable bonds is 6. The minimum atomic E-state index is -0.519. The normalized spacial score (nSPS) is 13.7. The van der Waals surface area contributed by atoms with E-state index in [1.807, 2.05) is 73.7 Å². The van der Waals surface area contributed by atoms with Gasteiger partial charge in [-0.1, -0.05) is 53.3 Å². The smallest absolute Gasteiger partial charge is 0.306 e. The van der Waals surface area contributed by atoms with Crippen molar-refractivity contribution in [2.24, 2.45) is 5.16 Å². The Morgan fingerprint density at radius 3 is 2.09 bits per heavy atom. The zero-order chi connectivity index (χ0) is 24.6. The number of aryl methyl sites for hydroxylation is 1. The second kappa shape index (κ2) is 11.5. The Balaban J connectivity index is 1.38. The van der Waals surface area contributed by atoms with E-state index >= 15 is 0 Å². The molecule has 0 aromatic heterocycles. The van der Waals surface area contributed by atoms with Crippen LogP contribution in [0.1, 0.15) is 46.3 Å². The second-order valence-corrected chi connectivity index (χ2v) is 9.40. The molecular weight excluding hydrogens is 458 g/mol. The number of hydrogen-bond donors (Lipinski definition) is 0. The average molecular weight is 484 g/mol. The molecule has 0 aliphatic carbocycles. The Morgan fingerprint density at radius 2 is 1.49 bits per heavy atom. The average Bonchev–Trinajstić information content (AvgIpc) is 2.90. The molecule has 0 spiro atoms. The lowest BCUT2D eigenvalue weighted by molar-refractivity contribution is 0.0983. The first-order valence-electron chi connectivity index (χ1n) is 11.5. The number of carbonyl (C=O) groups is 2. The summed E-state index contributed by atoms with van der Waals surface area (Å²) >= 11 is 1.55. The maximum Gasteiger partial charge on any atom is 0.436 e. The Kier molecular flexibility index (Phi) is 7.96. The molecule has 4 rings (SSSR count). The van der Waals surface area contributed by atoms with E-state index in [-0.39, 0.29) is 11.5 Å². The monoisotopic (exact) mass is 483 g/mol.